The van der Waals surface area contributed by atoms with E-state index in [4.69, 9.17) is 11.5 Å². The summed E-state index contributed by atoms with van der Waals surface area (Å²) in [6, 6.07) is 14.5. The van der Waals surface area contributed by atoms with Gasteiger partial charge >= 0.3 is 0 Å². The fraction of sp³-hybridized carbons (Fsp3) is 0. The zero-order valence-corrected chi connectivity index (χ0v) is 12.7. The lowest BCUT2D eigenvalue weighted by Crippen LogP contribution is -2.08. The van der Waals surface area contributed by atoms with Crippen molar-refractivity contribution in [3.63, 3.8) is 0 Å². The van der Waals surface area contributed by atoms with Crippen LogP contribution in [0.3, 0.4) is 0 Å². The molecule has 0 spiro atoms. The number of benzene rings is 2. The summed E-state index contributed by atoms with van der Waals surface area (Å²) in [5.41, 5.74) is 13.7. The summed E-state index contributed by atoms with van der Waals surface area (Å²) >= 11 is 0. The number of hydrogen-bond donors (Lipinski definition) is 2. The molecule has 0 fully saturated rings. The molecule has 0 atom stereocenters. The fourth-order valence-electron chi connectivity index (χ4n) is 2.87. The van der Waals surface area contributed by atoms with Crippen molar-refractivity contribution in [3.8, 4) is 0 Å². The fourth-order valence-corrected chi connectivity index (χ4v) is 2.87. The van der Waals surface area contributed by atoms with E-state index in [9.17, 15) is 4.79 Å². The molecule has 0 radical (unpaired) electrons. The Hall–Kier alpha value is -3.47. The van der Waals surface area contributed by atoms with E-state index in [1.807, 2.05) is 36.4 Å². The summed E-state index contributed by atoms with van der Waals surface area (Å²) in [7, 11) is 0. The number of rotatable bonds is 2. The largest absolute Gasteiger partial charge is 0.399 e. The van der Waals surface area contributed by atoms with Gasteiger partial charge in [0.25, 0.3) is 0 Å². The third-order valence-corrected chi connectivity index (χ3v) is 4.01. The number of carbonyl (C=O) groups is 1. The molecule has 2 heterocycles. The Kier molecular flexibility index (Phi) is 3.13. The Balaban J connectivity index is 1.94. The molecule has 0 aliphatic rings. The van der Waals surface area contributed by atoms with Crippen LogP contribution in [0.25, 0.3) is 21.5 Å². The van der Waals surface area contributed by atoms with Crippen molar-refractivity contribution >= 4 is 38.7 Å². The predicted molar refractivity (Wildman–Crippen MR) is 95.7 cm³/mol. The van der Waals surface area contributed by atoms with Gasteiger partial charge in [-0.2, -0.15) is 0 Å². The lowest BCUT2D eigenvalue weighted by atomic mass is 10.0. The molecular weight excluding hydrogens is 300 g/mol. The highest BCUT2D eigenvalue weighted by Crippen LogP contribution is 2.25. The minimum atomic E-state index is -0.222. The molecule has 2 aromatic heterocycles. The first kappa shape index (κ1) is 14.1. The molecule has 0 saturated carbocycles. The first-order valence-corrected chi connectivity index (χ1v) is 7.47. The van der Waals surface area contributed by atoms with Gasteiger partial charge in [-0.1, -0.05) is 12.1 Å². The van der Waals surface area contributed by atoms with Gasteiger partial charge in [0.15, 0.2) is 0 Å². The van der Waals surface area contributed by atoms with E-state index in [1.165, 1.54) is 0 Å². The van der Waals surface area contributed by atoms with Crippen LogP contribution < -0.4 is 11.5 Å². The molecular formula is C19H14N4O. The second-order valence-electron chi connectivity index (χ2n) is 5.61. The van der Waals surface area contributed by atoms with Crippen LogP contribution in [0, 0.1) is 0 Å². The summed E-state index contributed by atoms with van der Waals surface area (Å²) in [5, 5.41) is 3.26. The van der Waals surface area contributed by atoms with Crippen LogP contribution in [0.1, 0.15) is 16.2 Å². The Morgan fingerprint density at radius 1 is 0.708 bits per heavy atom. The quantitative estimate of drug-likeness (QED) is 0.438. The number of hydrogen-bond acceptors (Lipinski definition) is 5. The Labute approximate surface area is 137 Å². The SMILES string of the molecule is Nc1ccc2c(C(=O)c3nccc4cc(N)ccc34)nccc2c1. The zero-order chi connectivity index (χ0) is 16.7. The third kappa shape index (κ3) is 2.23. The van der Waals surface area contributed by atoms with Gasteiger partial charge in [0, 0.05) is 34.5 Å². The minimum absolute atomic E-state index is 0.222. The molecule has 0 unspecified atom stereocenters. The van der Waals surface area contributed by atoms with Crippen molar-refractivity contribution in [2.45, 2.75) is 0 Å². The summed E-state index contributed by atoms with van der Waals surface area (Å²) in [5.74, 6) is -0.222. The van der Waals surface area contributed by atoms with Crippen molar-refractivity contribution < 1.29 is 4.79 Å². The standard InChI is InChI=1S/C19H14N4O/c20-13-1-3-15-11(9-13)5-7-22-17(15)19(24)18-16-4-2-14(21)10-12(16)6-8-23-18/h1-10H,20-21H2. The second kappa shape index (κ2) is 5.31. The van der Waals surface area contributed by atoms with E-state index in [-0.39, 0.29) is 5.78 Å². The predicted octanol–water partition coefficient (Wildman–Crippen LogP) is 3.18. The molecule has 24 heavy (non-hydrogen) atoms. The Morgan fingerprint density at radius 2 is 1.17 bits per heavy atom. The molecule has 5 nitrogen and oxygen atoms in total. The molecule has 4 rings (SSSR count). The van der Waals surface area contributed by atoms with Crippen LogP contribution in [0.2, 0.25) is 0 Å². The van der Waals surface area contributed by atoms with Gasteiger partial charge in [0.05, 0.1) is 0 Å². The van der Waals surface area contributed by atoms with Crippen LogP contribution >= 0.6 is 0 Å². The monoisotopic (exact) mass is 314 g/mol. The smallest absolute Gasteiger partial charge is 0.230 e. The maximum atomic E-state index is 13.1. The number of aromatic nitrogens is 2. The highest BCUT2D eigenvalue weighted by Gasteiger charge is 2.18. The molecule has 0 amide bonds. The number of ketones is 1. The number of carbonyl (C=O) groups excluding carboxylic acids is 1. The average Bonchev–Trinajstić information content (AvgIpc) is 2.59. The highest BCUT2D eigenvalue weighted by molar-refractivity contribution is 6.19. The summed E-state index contributed by atoms with van der Waals surface area (Å²) in [4.78, 5) is 21.6. The topological polar surface area (TPSA) is 94.9 Å². The van der Waals surface area contributed by atoms with Gasteiger partial charge in [0.2, 0.25) is 5.78 Å². The number of fused-ring (bicyclic) bond motifs is 2. The summed E-state index contributed by atoms with van der Waals surface area (Å²) in [6.45, 7) is 0. The number of anilines is 2. The summed E-state index contributed by atoms with van der Waals surface area (Å²) < 4.78 is 0. The number of nitrogens with zero attached hydrogens (tertiary/aromatic N) is 2. The number of nitrogens with two attached hydrogens (primary N) is 2. The van der Waals surface area contributed by atoms with Crippen molar-refractivity contribution in [1.29, 1.82) is 0 Å². The van der Waals surface area contributed by atoms with E-state index in [0.717, 1.165) is 21.5 Å². The van der Waals surface area contributed by atoms with E-state index in [2.05, 4.69) is 9.97 Å². The van der Waals surface area contributed by atoms with Crippen LogP contribution in [-0.4, -0.2) is 15.8 Å². The molecule has 0 saturated heterocycles. The van der Waals surface area contributed by atoms with Crippen LogP contribution in [0.4, 0.5) is 11.4 Å². The van der Waals surface area contributed by atoms with Gasteiger partial charge < -0.3 is 11.5 Å². The molecule has 0 aliphatic heterocycles. The normalized spacial score (nSPS) is 11.0. The molecule has 2 aromatic carbocycles. The molecule has 5 heteroatoms. The van der Waals surface area contributed by atoms with Gasteiger partial charge in [-0.3, -0.25) is 14.8 Å². The van der Waals surface area contributed by atoms with Gasteiger partial charge in [-0.05, 0) is 47.2 Å². The Morgan fingerprint density at radius 3 is 1.62 bits per heavy atom. The maximum absolute atomic E-state index is 13.1. The molecule has 116 valence electrons. The minimum Gasteiger partial charge on any atom is -0.399 e. The van der Waals surface area contributed by atoms with Crippen LogP contribution in [0.5, 0.6) is 0 Å². The van der Waals surface area contributed by atoms with Crippen LogP contribution in [-0.2, 0) is 0 Å². The molecule has 4 N–H and O–H groups in total. The van der Waals surface area contributed by atoms with Crippen LogP contribution in [0.15, 0.2) is 60.9 Å². The van der Waals surface area contributed by atoms with Gasteiger partial charge in [0.1, 0.15) is 11.4 Å². The summed E-state index contributed by atoms with van der Waals surface area (Å²) in [6.07, 6.45) is 3.22. The highest BCUT2D eigenvalue weighted by atomic mass is 16.1. The third-order valence-electron chi connectivity index (χ3n) is 4.01. The van der Waals surface area contributed by atoms with Crippen molar-refractivity contribution in [3.05, 3.63) is 72.3 Å². The first-order valence-electron chi connectivity index (χ1n) is 7.47. The van der Waals surface area contributed by atoms with Crippen molar-refractivity contribution in [2.75, 3.05) is 11.5 Å². The average molecular weight is 314 g/mol. The molecule has 0 aliphatic carbocycles. The van der Waals surface area contributed by atoms with E-state index in [1.54, 1.807) is 24.5 Å². The van der Waals surface area contributed by atoms with E-state index in [0.29, 0.717) is 22.8 Å². The lowest BCUT2D eigenvalue weighted by molar-refractivity contribution is 0.103. The maximum Gasteiger partial charge on any atom is 0.230 e. The van der Waals surface area contributed by atoms with E-state index < -0.39 is 0 Å². The Bertz CT molecular complexity index is 1020. The second-order valence-corrected chi connectivity index (χ2v) is 5.61. The number of nitrogen functional groups attached to an aromatic ring is 2. The first-order chi connectivity index (χ1) is 11.6. The zero-order valence-electron chi connectivity index (χ0n) is 12.7. The lowest BCUT2D eigenvalue weighted by Gasteiger charge is -2.08. The van der Waals surface area contributed by atoms with Gasteiger partial charge in [-0.25, -0.2) is 0 Å². The van der Waals surface area contributed by atoms with Gasteiger partial charge in [-0.15, -0.1) is 0 Å². The van der Waals surface area contributed by atoms with Crippen molar-refractivity contribution in [2.24, 2.45) is 0 Å². The van der Waals surface area contributed by atoms with Crippen molar-refractivity contribution in [1.82, 2.24) is 9.97 Å². The molecule has 0 bridgehead atoms. The molecule has 4 aromatic rings. The number of pyridine rings is 2. The van der Waals surface area contributed by atoms with E-state index >= 15 is 0 Å².